The van der Waals surface area contributed by atoms with Crippen LogP contribution in [0, 0.1) is 0 Å². The maximum Gasteiger partial charge on any atom is 0.138 e. The van der Waals surface area contributed by atoms with Crippen molar-refractivity contribution in [3.63, 3.8) is 0 Å². The Balaban J connectivity index is 2.59. The van der Waals surface area contributed by atoms with Gasteiger partial charge in [0.05, 0.1) is 24.1 Å². The molecule has 6 heteroatoms. The Hall–Kier alpha value is -0.610. The third kappa shape index (κ3) is 3.59. The van der Waals surface area contributed by atoms with Crippen molar-refractivity contribution in [3.05, 3.63) is 56.0 Å². The van der Waals surface area contributed by atoms with E-state index in [1.165, 1.54) is 0 Å². The highest BCUT2D eigenvalue weighted by atomic mass is 79.9. The predicted molar refractivity (Wildman–Crippen MR) is 91.4 cm³/mol. The van der Waals surface area contributed by atoms with Gasteiger partial charge in [-0.1, -0.05) is 23.2 Å². The molecule has 0 aromatic heterocycles. The first-order valence-electron chi connectivity index (χ1n) is 5.98. The van der Waals surface area contributed by atoms with Gasteiger partial charge in [-0.3, -0.25) is 0 Å². The lowest BCUT2D eigenvalue weighted by Crippen LogP contribution is -2.01. The molecule has 0 aliphatic rings. The molecule has 1 unspecified atom stereocenters. The molecule has 0 saturated carbocycles. The summed E-state index contributed by atoms with van der Waals surface area (Å²) in [6.07, 6.45) is 0. The summed E-state index contributed by atoms with van der Waals surface area (Å²) in [6.45, 7) is 0. The minimum Gasteiger partial charge on any atom is -0.496 e. The summed E-state index contributed by atoms with van der Waals surface area (Å²) in [5.74, 6) is 1.28. The minimum atomic E-state index is -0.511. The Morgan fingerprint density at radius 1 is 0.952 bits per heavy atom. The highest BCUT2D eigenvalue weighted by molar-refractivity contribution is 9.10. The molecule has 0 aliphatic carbocycles. The zero-order valence-corrected chi connectivity index (χ0v) is 15.1. The lowest BCUT2D eigenvalue weighted by molar-refractivity contribution is 0.403. The molecule has 0 radical (unpaired) electrons. The van der Waals surface area contributed by atoms with Crippen molar-refractivity contribution < 1.29 is 9.47 Å². The SMILES string of the molecule is COc1ccc(Cl)cc1C(Cl)c1cc(Cl)cc(Br)c1OC. The largest absolute Gasteiger partial charge is 0.496 e. The Kier molecular flexibility index (Phi) is 5.67. The number of benzene rings is 2. The van der Waals surface area contributed by atoms with Gasteiger partial charge in [0, 0.05) is 21.2 Å². The van der Waals surface area contributed by atoms with Crippen LogP contribution in [0.1, 0.15) is 16.5 Å². The van der Waals surface area contributed by atoms with E-state index in [2.05, 4.69) is 15.9 Å². The highest BCUT2D eigenvalue weighted by Crippen LogP contribution is 2.44. The van der Waals surface area contributed by atoms with E-state index in [0.29, 0.717) is 21.5 Å². The zero-order valence-electron chi connectivity index (χ0n) is 11.3. The molecular formula is C15H12BrCl3O2. The van der Waals surface area contributed by atoms with Crippen molar-refractivity contribution in [3.8, 4) is 11.5 Å². The Morgan fingerprint density at radius 2 is 1.62 bits per heavy atom. The molecular weight excluding hydrogens is 398 g/mol. The fraction of sp³-hybridized carbons (Fsp3) is 0.200. The summed E-state index contributed by atoms with van der Waals surface area (Å²) < 4.78 is 11.5. The van der Waals surface area contributed by atoms with E-state index in [9.17, 15) is 0 Å². The first-order chi connectivity index (χ1) is 9.97. The molecule has 0 N–H and O–H groups in total. The average molecular weight is 411 g/mol. The molecule has 0 amide bonds. The lowest BCUT2D eigenvalue weighted by Gasteiger charge is -2.18. The molecule has 2 aromatic carbocycles. The third-order valence-corrected chi connectivity index (χ3v) is 4.49. The quantitative estimate of drug-likeness (QED) is 0.567. The maximum atomic E-state index is 6.62. The van der Waals surface area contributed by atoms with Gasteiger partial charge in [-0.15, -0.1) is 11.6 Å². The number of hydrogen-bond donors (Lipinski definition) is 0. The van der Waals surface area contributed by atoms with Gasteiger partial charge in [-0.05, 0) is 46.3 Å². The molecule has 2 aromatic rings. The van der Waals surface area contributed by atoms with E-state index in [-0.39, 0.29) is 0 Å². The number of rotatable bonds is 4. The molecule has 0 aliphatic heterocycles. The monoisotopic (exact) mass is 408 g/mol. The van der Waals surface area contributed by atoms with Gasteiger partial charge in [0.1, 0.15) is 11.5 Å². The van der Waals surface area contributed by atoms with Crippen LogP contribution in [0.2, 0.25) is 10.0 Å². The summed E-state index contributed by atoms with van der Waals surface area (Å²) in [5, 5.41) is 0.629. The Morgan fingerprint density at radius 3 is 2.24 bits per heavy atom. The van der Waals surface area contributed by atoms with Crippen molar-refractivity contribution in [1.82, 2.24) is 0 Å². The van der Waals surface area contributed by atoms with E-state index in [1.54, 1.807) is 44.6 Å². The molecule has 0 spiro atoms. The summed E-state index contributed by atoms with van der Waals surface area (Å²) >= 11 is 22.2. The van der Waals surface area contributed by atoms with E-state index in [0.717, 1.165) is 15.6 Å². The molecule has 1 atom stereocenters. The van der Waals surface area contributed by atoms with E-state index < -0.39 is 5.38 Å². The third-order valence-electron chi connectivity index (χ3n) is 2.98. The van der Waals surface area contributed by atoms with Crippen molar-refractivity contribution in [1.29, 1.82) is 0 Å². The smallest absolute Gasteiger partial charge is 0.138 e. The second kappa shape index (κ2) is 7.10. The summed E-state index contributed by atoms with van der Waals surface area (Å²) in [7, 11) is 3.16. The van der Waals surface area contributed by atoms with Crippen LogP contribution in [0.25, 0.3) is 0 Å². The first-order valence-corrected chi connectivity index (χ1v) is 7.97. The minimum absolute atomic E-state index is 0.511. The number of methoxy groups -OCH3 is 2. The summed E-state index contributed by atoms with van der Waals surface area (Å²) in [6, 6.07) is 8.82. The number of halogens is 4. The van der Waals surface area contributed by atoms with Crippen LogP contribution in [-0.2, 0) is 0 Å². The van der Waals surface area contributed by atoms with Crippen molar-refractivity contribution >= 4 is 50.7 Å². The molecule has 112 valence electrons. The summed E-state index contributed by atoms with van der Waals surface area (Å²) in [5.41, 5.74) is 1.48. The van der Waals surface area contributed by atoms with Gasteiger partial charge in [-0.2, -0.15) is 0 Å². The van der Waals surface area contributed by atoms with Crippen LogP contribution in [-0.4, -0.2) is 14.2 Å². The van der Waals surface area contributed by atoms with Crippen LogP contribution in [0.3, 0.4) is 0 Å². The first kappa shape index (κ1) is 16.8. The molecule has 0 saturated heterocycles. The molecule has 0 fully saturated rings. The number of alkyl halides is 1. The van der Waals surface area contributed by atoms with Gasteiger partial charge in [0.25, 0.3) is 0 Å². The van der Waals surface area contributed by atoms with Gasteiger partial charge < -0.3 is 9.47 Å². The standard InChI is InChI=1S/C15H12BrCl3O2/c1-20-13-4-3-8(17)5-10(13)14(19)11-6-9(18)7-12(16)15(11)21-2/h3-7,14H,1-2H3. The van der Waals surface area contributed by atoms with E-state index in [1.807, 2.05) is 0 Å². The Bertz CT molecular complexity index is 662. The zero-order chi connectivity index (χ0) is 15.6. The molecule has 2 nitrogen and oxygen atoms in total. The van der Waals surface area contributed by atoms with E-state index >= 15 is 0 Å². The predicted octanol–water partition coefficient (Wildman–Crippen LogP) is 6.10. The molecule has 0 bridgehead atoms. The second-order valence-electron chi connectivity index (χ2n) is 4.26. The van der Waals surface area contributed by atoms with Crippen molar-refractivity contribution in [2.75, 3.05) is 14.2 Å². The van der Waals surface area contributed by atoms with Gasteiger partial charge in [0.2, 0.25) is 0 Å². The lowest BCUT2D eigenvalue weighted by atomic mass is 10.0. The fourth-order valence-corrected chi connectivity index (χ4v) is 3.56. The van der Waals surface area contributed by atoms with Gasteiger partial charge in [-0.25, -0.2) is 0 Å². The highest BCUT2D eigenvalue weighted by Gasteiger charge is 2.22. The van der Waals surface area contributed by atoms with Crippen molar-refractivity contribution in [2.24, 2.45) is 0 Å². The normalized spacial score (nSPS) is 12.1. The fourth-order valence-electron chi connectivity index (χ4n) is 2.05. The van der Waals surface area contributed by atoms with Crippen LogP contribution in [0.4, 0.5) is 0 Å². The van der Waals surface area contributed by atoms with Crippen molar-refractivity contribution in [2.45, 2.75) is 5.38 Å². The van der Waals surface area contributed by atoms with Gasteiger partial charge in [0.15, 0.2) is 0 Å². The average Bonchev–Trinajstić information content (AvgIpc) is 2.45. The molecule has 0 heterocycles. The topological polar surface area (TPSA) is 18.5 Å². The molecule has 2 rings (SSSR count). The van der Waals surface area contributed by atoms with Crippen LogP contribution in [0.15, 0.2) is 34.8 Å². The number of hydrogen-bond acceptors (Lipinski definition) is 2. The van der Waals surface area contributed by atoms with Crippen LogP contribution < -0.4 is 9.47 Å². The Labute approximate surface area is 147 Å². The molecule has 21 heavy (non-hydrogen) atoms. The second-order valence-corrected chi connectivity index (χ2v) is 6.42. The number of ether oxygens (including phenoxy) is 2. The van der Waals surface area contributed by atoms with Gasteiger partial charge >= 0.3 is 0 Å². The van der Waals surface area contributed by atoms with Crippen LogP contribution >= 0.6 is 50.7 Å². The van der Waals surface area contributed by atoms with Crippen LogP contribution in [0.5, 0.6) is 11.5 Å². The maximum absolute atomic E-state index is 6.62. The van der Waals surface area contributed by atoms with E-state index in [4.69, 9.17) is 44.3 Å². The summed E-state index contributed by atoms with van der Waals surface area (Å²) in [4.78, 5) is 0.